The lowest BCUT2D eigenvalue weighted by atomic mass is 9.97. The highest BCUT2D eigenvalue weighted by molar-refractivity contribution is 6.02. The lowest BCUT2D eigenvalue weighted by Crippen LogP contribution is -1.95. The summed E-state index contributed by atoms with van der Waals surface area (Å²) in [6.07, 6.45) is 0. The van der Waals surface area contributed by atoms with Gasteiger partial charge in [0.15, 0.2) is 0 Å². The molecule has 0 aliphatic carbocycles. The van der Waals surface area contributed by atoms with Crippen molar-refractivity contribution < 1.29 is 4.74 Å². The van der Waals surface area contributed by atoms with Crippen molar-refractivity contribution in [1.29, 1.82) is 0 Å². The van der Waals surface area contributed by atoms with Gasteiger partial charge in [-0.1, -0.05) is 72.8 Å². The van der Waals surface area contributed by atoms with Crippen LogP contribution in [-0.2, 0) is 6.61 Å². The van der Waals surface area contributed by atoms with Crippen molar-refractivity contribution in [2.45, 2.75) is 6.61 Å². The molecule has 4 rings (SSSR count). The van der Waals surface area contributed by atoms with Gasteiger partial charge in [0, 0.05) is 11.1 Å². The number of ether oxygens (including phenoxy) is 1. The topological polar surface area (TPSA) is 35.2 Å². The van der Waals surface area contributed by atoms with E-state index >= 15 is 0 Å². The Morgan fingerprint density at radius 2 is 1.44 bits per heavy atom. The average Bonchev–Trinajstić information content (AvgIpc) is 2.67. The fourth-order valence-corrected chi connectivity index (χ4v) is 3.08. The second kappa shape index (κ2) is 6.70. The molecule has 0 bridgehead atoms. The lowest BCUT2D eigenvalue weighted by molar-refractivity contribution is 0.306. The average molecular weight is 325 g/mol. The van der Waals surface area contributed by atoms with Gasteiger partial charge in [0.05, 0.1) is 0 Å². The maximum absolute atomic E-state index is 6.12. The fourth-order valence-electron chi connectivity index (χ4n) is 3.08. The number of nitrogens with two attached hydrogens (primary N) is 1. The zero-order valence-corrected chi connectivity index (χ0v) is 13.9. The van der Waals surface area contributed by atoms with Gasteiger partial charge in [0.2, 0.25) is 0 Å². The summed E-state index contributed by atoms with van der Waals surface area (Å²) in [7, 11) is 0. The molecule has 0 spiro atoms. The van der Waals surface area contributed by atoms with Crippen molar-refractivity contribution in [3.63, 3.8) is 0 Å². The molecule has 0 amide bonds. The molecular formula is C23H19NO. The largest absolute Gasteiger partial charge is 0.489 e. The van der Waals surface area contributed by atoms with E-state index in [0.29, 0.717) is 6.61 Å². The van der Waals surface area contributed by atoms with Gasteiger partial charge in [-0.3, -0.25) is 0 Å². The Morgan fingerprint density at radius 1 is 0.680 bits per heavy atom. The predicted octanol–water partition coefficient (Wildman–Crippen LogP) is 5.67. The van der Waals surface area contributed by atoms with Gasteiger partial charge in [-0.15, -0.1) is 0 Å². The van der Waals surface area contributed by atoms with Crippen molar-refractivity contribution in [2.75, 3.05) is 5.73 Å². The van der Waals surface area contributed by atoms with Crippen molar-refractivity contribution in [1.82, 2.24) is 0 Å². The Balaban J connectivity index is 1.67. The lowest BCUT2D eigenvalue weighted by Gasteiger charge is -2.11. The van der Waals surface area contributed by atoms with Gasteiger partial charge in [-0.25, -0.2) is 0 Å². The highest BCUT2D eigenvalue weighted by Gasteiger charge is 2.06. The zero-order valence-electron chi connectivity index (χ0n) is 13.9. The first kappa shape index (κ1) is 15.3. The fraction of sp³-hybridized carbons (Fsp3) is 0.0435. The zero-order chi connectivity index (χ0) is 17.1. The molecule has 122 valence electrons. The van der Waals surface area contributed by atoms with Crippen LogP contribution in [0.4, 0.5) is 5.69 Å². The second-order valence-corrected chi connectivity index (χ2v) is 6.05. The van der Waals surface area contributed by atoms with E-state index in [1.807, 2.05) is 48.5 Å². The molecule has 4 aromatic rings. The van der Waals surface area contributed by atoms with E-state index in [0.717, 1.165) is 38.9 Å². The molecule has 0 heterocycles. The third kappa shape index (κ3) is 3.20. The van der Waals surface area contributed by atoms with Crippen LogP contribution in [-0.4, -0.2) is 0 Å². The molecule has 0 saturated carbocycles. The standard InChI is InChI=1S/C23H19NO/c24-23-14-6-12-21-20(11-5-13-22(21)23)18-9-4-10-19(15-18)25-16-17-7-2-1-3-8-17/h1-15H,16,24H2. The van der Waals surface area contributed by atoms with Crippen LogP contribution in [0.25, 0.3) is 21.9 Å². The molecule has 0 aliphatic rings. The summed E-state index contributed by atoms with van der Waals surface area (Å²) in [5.74, 6) is 0.863. The minimum atomic E-state index is 0.562. The monoisotopic (exact) mass is 325 g/mol. The number of anilines is 1. The van der Waals surface area contributed by atoms with Gasteiger partial charge < -0.3 is 10.5 Å². The number of rotatable bonds is 4. The molecule has 4 aromatic carbocycles. The van der Waals surface area contributed by atoms with Gasteiger partial charge in [-0.2, -0.15) is 0 Å². The summed E-state index contributed by atoms with van der Waals surface area (Å²) in [5.41, 5.74) is 10.4. The molecule has 25 heavy (non-hydrogen) atoms. The first-order valence-electron chi connectivity index (χ1n) is 8.36. The summed E-state index contributed by atoms with van der Waals surface area (Å²) >= 11 is 0. The second-order valence-electron chi connectivity index (χ2n) is 6.05. The maximum Gasteiger partial charge on any atom is 0.120 e. The Hall–Kier alpha value is -3.26. The number of benzene rings is 4. The van der Waals surface area contributed by atoms with Crippen LogP contribution < -0.4 is 10.5 Å². The van der Waals surface area contributed by atoms with Gasteiger partial charge >= 0.3 is 0 Å². The van der Waals surface area contributed by atoms with E-state index in [2.05, 4.69) is 42.5 Å². The van der Waals surface area contributed by atoms with Crippen LogP contribution >= 0.6 is 0 Å². The normalized spacial score (nSPS) is 10.7. The van der Waals surface area contributed by atoms with E-state index in [-0.39, 0.29) is 0 Å². The van der Waals surface area contributed by atoms with E-state index in [1.165, 1.54) is 0 Å². The Labute approximate surface area is 147 Å². The first-order valence-corrected chi connectivity index (χ1v) is 8.36. The maximum atomic E-state index is 6.12. The molecule has 0 aromatic heterocycles. The van der Waals surface area contributed by atoms with Crippen LogP contribution in [0.3, 0.4) is 0 Å². The molecular weight excluding hydrogens is 306 g/mol. The van der Waals surface area contributed by atoms with Crippen molar-refractivity contribution in [3.05, 3.63) is 96.6 Å². The molecule has 0 atom stereocenters. The number of nitrogen functional groups attached to an aromatic ring is 1. The molecule has 0 saturated heterocycles. The summed E-state index contributed by atoms with van der Waals surface area (Å²) in [6, 6.07) is 30.7. The van der Waals surface area contributed by atoms with Gasteiger partial charge in [0.25, 0.3) is 0 Å². The van der Waals surface area contributed by atoms with Gasteiger partial charge in [0.1, 0.15) is 12.4 Å². The van der Waals surface area contributed by atoms with E-state index < -0.39 is 0 Å². The van der Waals surface area contributed by atoms with Crippen molar-refractivity contribution in [3.8, 4) is 16.9 Å². The minimum Gasteiger partial charge on any atom is -0.489 e. The highest BCUT2D eigenvalue weighted by atomic mass is 16.5. The van der Waals surface area contributed by atoms with Crippen LogP contribution in [0.1, 0.15) is 5.56 Å². The molecule has 2 N–H and O–H groups in total. The molecule has 2 nitrogen and oxygen atoms in total. The Morgan fingerprint density at radius 3 is 2.32 bits per heavy atom. The highest BCUT2D eigenvalue weighted by Crippen LogP contribution is 2.33. The Bertz CT molecular complexity index is 1010. The van der Waals surface area contributed by atoms with Crippen molar-refractivity contribution >= 4 is 16.5 Å². The summed E-state index contributed by atoms with van der Waals surface area (Å²) in [5, 5.41) is 2.23. The van der Waals surface area contributed by atoms with Crippen LogP contribution in [0, 0.1) is 0 Å². The van der Waals surface area contributed by atoms with Gasteiger partial charge in [-0.05, 0) is 40.3 Å². The molecule has 0 unspecified atom stereocenters. The molecule has 0 aliphatic heterocycles. The van der Waals surface area contributed by atoms with Crippen LogP contribution in [0.2, 0.25) is 0 Å². The van der Waals surface area contributed by atoms with Crippen LogP contribution in [0.5, 0.6) is 5.75 Å². The number of hydrogen-bond acceptors (Lipinski definition) is 2. The molecule has 2 heteroatoms. The van der Waals surface area contributed by atoms with Crippen LogP contribution in [0.15, 0.2) is 91.0 Å². The summed E-state index contributed by atoms with van der Waals surface area (Å²) in [6.45, 7) is 0.562. The van der Waals surface area contributed by atoms with E-state index in [9.17, 15) is 0 Å². The third-order valence-electron chi connectivity index (χ3n) is 4.35. The predicted molar refractivity (Wildman–Crippen MR) is 105 cm³/mol. The summed E-state index contributed by atoms with van der Waals surface area (Å²) in [4.78, 5) is 0. The quantitative estimate of drug-likeness (QED) is 0.491. The smallest absolute Gasteiger partial charge is 0.120 e. The summed E-state index contributed by atoms with van der Waals surface area (Å²) < 4.78 is 5.97. The third-order valence-corrected chi connectivity index (χ3v) is 4.35. The minimum absolute atomic E-state index is 0.562. The Kier molecular flexibility index (Phi) is 4.09. The number of hydrogen-bond donors (Lipinski definition) is 1. The first-order chi connectivity index (χ1) is 12.3. The number of fused-ring (bicyclic) bond motifs is 1. The molecule has 0 radical (unpaired) electrons. The SMILES string of the molecule is Nc1cccc2c(-c3cccc(OCc4ccccc4)c3)cccc12. The van der Waals surface area contributed by atoms with Crippen molar-refractivity contribution in [2.24, 2.45) is 0 Å². The van der Waals surface area contributed by atoms with E-state index in [1.54, 1.807) is 0 Å². The van der Waals surface area contributed by atoms with E-state index in [4.69, 9.17) is 10.5 Å². The molecule has 0 fully saturated rings.